The molecule has 0 unspecified atom stereocenters. The zero-order valence-corrected chi connectivity index (χ0v) is 16.7. The highest BCUT2D eigenvalue weighted by atomic mass is 16.5. The summed E-state index contributed by atoms with van der Waals surface area (Å²) in [5.74, 6) is 1.23. The van der Waals surface area contributed by atoms with Crippen LogP contribution in [0, 0.1) is 13.8 Å². The van der Waals surface area contributed by atoms with Crippen LogP contribution >= 0.6 is 0 Å². The maximum absolute atomic E-state index is 12.2. The normalized spacial score (nSPS) is 10.8. The maximum Gasteiger partial charge on any atom is 0.248 e. The molecule has 1 amide bonds. The summed E-state index contributed by atoms with van der Waals surface area (Å²) in [6.45, 7) is 6.86. The number of unbranched alkanes of at least 4 members (excludes halogenated alkanes) is 2. The van der Waals surface area contributed by atoms with Crippen molar-refractivity contribution in [2.45, 2.75) is 40.0 Å². The van der Waals surface area contributed by atoms with Crippen LogP contribution in [0.15, 0.2) is 42.5 Å². The molecule has 0 aliphatic heterocycles. The molecule has 27 heavy (non-hydrogen) atoms. The van der Waals surface area contributed by atoms with E-state index in [-0.39, 0.29) is 5.91 Å². The fraction of sp³-hybridized carbons (Fsp3) is 0.348. The Kier molecular flexibility index (Phi) is 7.93. The molecule has 0 fully saturated rings. The van der Waals surface area contributed by atoms with Gasteiger partial charge >= 0.3 is 0 Å². The Morgan fingerprint density at radius 2 is 1.89 bits per heavy atom. The largest absolute Gasteiger partial charge is 0.493 e. The van der Waals surface area contributed by atoms with Gasteiger partial charge in [-0.15, -0.1) is 0 Å². The van der Waals surface area contributed by atoms with Gasteiger partial charge < -0.3 is 14.8 Å². The summed E-state index contributed by atoms with van der Waals surface area (Å²) in [6.07, 6.45) is 6.63. The minimum Gasteiger partial charge on any atom is -0.493 e. The lowest BCUT2D eigenvalue weighted by Gasteiger charge is -2.11. The van der Waals surface area contributed by atoms with E-state index in [1.165, 1.54) is 11.6 Å². The topological polar surface area (TPSA) is 47.6 Å². The zero-order valence-electron chi connectivity index (χ0n) is 16.7. The minimum atomic E-state index is -0.166. The van der Waals surface area contributed by atoms with E-state index >= 15 is 0 Å². The highest BCUT2D eigenvalue weighted by molar-refractivity contribution is 6.02. The van der Waals surface area contributed by atoms with E-state index in [1.807, 2.05) is 50.2 Å². The maximum atomic E-state index is 12.2. The molecule has 0 aromatic heterocycles. The molecule has 0 heterocycles. The van der Waals surface area contributed by atoms with Gasteiger partial charge in [0.1, 0.15) is 0 Å². The average Bonchev–Trinajstić information content (AvgIpc) is 2.66. The van der Waals surface area contributed by atoms with Gasteiger partial charge in [0.2, 0.25) is 5.91 Å². The smallest absolute Gasteiger partial charge is 0.248 e. The summed E-state index contributed by atoms with van der Waals surface area (Å²) in [4.78, 5) is 12.2. The van der Waals surface area contributed by atoms with Crippen molar-refractivity contribution in [3.8, 4) is 11.5 Å². The molecular formula is C23H29NO3. The molecule has 0 spiro atoms. The molecule has 2 aromatic carbocycles. The molecule has 144 valence electrons. The number of ether oxygens (including phenoxy) is 2. The van der Waals surface area contributed by atoms with Gasteiger partial charge in [0.05, 0.1) is 13.7 Å². The lowest BCUT2D eigenvalue weighted by molar-refractivity contribution is -0.111. The van der Waals surface area contributed by atoms with Crippen LogP contribution < -0.4 is 14.8 Å². The van der Waals surface area contributed by atoms with E-state index in [2.05, 4.69) is 12.2 Å². The third-order valence-electron chi connectivity index (χ3n) is 4.26. The third kappa shape index (κ3) is 6.48. The fourth-order valence-electron chi connectivity index (χ4n) is 2.74. The number of hydrogen-bond acceptors (Lipinski definition) is 3. The molecule has 0 saturated heterocycles. The first-order valence-corrected chi connectivity index (χ1v) is 9.40. The Morgan fingerprint density at radius 1 is 1.07 bits per heavy atom. The number of benzene rings is 2. The zero-order chi connectivity index (χ0) is 19.6. The number of anilines is 1. The number of methoxy groups -OCH3 is 1. The van der Waals surface area contributed by atoms with Gasteiger partial charge in [0.25, 0.3) is 0 Å². The molecule has 2 aromatic rings. The first kappa shape index (κ1) is 20.6. The van der Waals surface area contributed by atoms with Gasteiger partial charge in [0, 0.05) is 11.8 Å². The number of nitrogens with one attached hydrogen (secondary N) is 1. The molecule has 4 heteroatoms. The molecule has 0 aliphatic carbocycles. The third-order valence-corrected chi connectivity index (χ3v) is 4.26. The fourth-order valence-corrected chi connectivity index (χ4v) is 2.74. The Hall–Kier alpha value is -2.75. The van der Waals surface area contributed by atoms with Crippen LogP contribution in [0.3, 0.4) is 0 Å². The number of carbonyl (C=O) groups excluding carboxylic acids is 1. The van der Waals surface area contributed by atoms with Crippen LogP contribution in [0.4, 0.5) is 5.69 Å². The summed E-state index contributed by atoms with van der Waals surface area (Å²) in [5.41, 5.74) is 3.92. The summed E-state index contributed by atoms with van der Waals surface area (Å²) < 4.78 is 11.2. The molecule has 4 nitrogen and oxygen atoms in total. The lowest BCUT2D eigenvalue weighted by atomic mass is 10.1. The molecule has 0 saturated carbocycles. The lowest BCUT2D eigenvalue weighted by Crippen LogP contribution is -2.08. The van der Waals surface area contributed by atoms with E-state index < -0.39 is 0 Å². The second-order valence-electron chi connectivity index (χ2n) is 6.61. The molecule has 2 rings (SSSR count). The first-order chi connectivity index (χ1) is 13.0. The molecule has 0 atom stereocenters. The Balaban J connectivity index is 1.99. The van der Waals surface area contributed by atoms with Crippen molar-refractivity contribution < 1.29 is 14.3 Å². The SMILES string of the molecule is CCCCCOc1ccc(/C=C/C(=O)Nc2ccc(C)cc2C)cc1OC. The van der Waals surface area contributed by atoms with E-state index in [9.17, 15) is 4.79 Å². The standard InChI is InChI=1S/C23H29NO3/c1-5-6-7-14-27-21-12-9-19(16-22(21)26-4)10-13-23(25)24-20-11-8-17(2)15-18(20)3/h8-13,15-16H,5-7,14H2,1-4H3,(H,24,25)/b13-10+. The highest BCUT2D eigenvalue weighted by Gasteiger charge is 2.06. The van der Waals surface area contributed by atoms with Crippen molar-refractivity contribution in [2.24, 2.45) is 0 Å². The quantitative estimate of drug-likeness (QED) is 0.468. The number of hydrogen-bond donors (Lipinski definition) is 1. The molecule has 0 radical (unpaired) electrons. The molecule has 0 aliphatic rings. The van der Waals surface area contributed by atoms with Crippen LogP contribution in [-0.2, 0) is 4.79 Å². The van der Waals surface area contributed by atoms with Crippen molar-refractivity contribution >= 4 is 17.7 Å². The van der Waals surface area contributed by atoms with Gasteiger partial charge in [-0.25, -0.2) is 0 Å². The van der Waals surface area contributed by atoms with Gasteiger partial charge in [-0.3, -0.25) is 4.79 Å². The predicted octanol–water partition coefficient (Wildman–Crippen LogP) is 5.53. The Morgan fingerprint density at radius 3 is 2.59 bits per heavy atom. The van der Waals surface area contributed by atoms with Crippen molar-refractivity contribution in [2.75, 3.05) is 19.0 Å². The number of amides is 1. The average molecular weight is 367 g/mol. The second-order valence-corrected chi connectivity index (χ2v) is 6.61. The minimum absolute atomic E-state index is 0.166. The van der Waals surface area contributed by atoms with Crippen molar-refractivity contribution in [1.29, 1.82) is 0 Å². The highest BCUT2D eigenvalue weighted by Crippen LogP contribution is 2.28. The van der Waals surface area contributed by atoms with Crippen molar-refractivity contribution in [1.82, 2.24) is 0 Å². The van der Waals surface area contributed by atoms with Crippen LogP contribution in [0.2, 0.25) is 0 Å². The predicted molar refractivity (Wildman–Crippen MR) is 112 cm³/mol. The Labute approximate surface area is 162 Å². The monoisotopic (exact) mass is 367 g/mol. The van der Waals surface area contributed by atoms with E-state index in [0.717, 1.165) is 41.8 Å². The summed E-state index contributed by atoms with van der Waals surface area (Å²) in [6, 6.07) is 11.6. The Bertz CT molecular complexity index is 796. The van der Waals surface area contributed by atoms with E-state index in [0.29, 0.717) is 12.4 Å². The van der Waals surface area contributed by atoms with E-state index in [1.54, 1.807) is 13.2 Å². The van der Waals surface area contributed by atoms with Crippen LogP contribution in [0.1, 0.15) is 42.9 Å². The number of aryl methyl sites for hydroxylation is 2. The number of rotatable bonds is 9. The second kappa shape index (κ2) is 10.4. The van der Waals surface area contributed by atoms with Crippen molar-refractivity contribution in [3.05, 3.63) is 59.2 Å². The summed E-state index contributed by atoms with van der Waals surface area (Å²) in [7, 11) is 1.62. The first-order valence-electron chi connectivity index (χ1n) is 9.40. The van der Waals surface area contributed by atoms with Crippen molar-refractivity contribution in [3.63, 3.8) is 0 Å². The van der Waals surface area contributed by atoms with Gasteiger partial charge in [-0.05, 0) is 55.7 Å². The number of carbonyl (C=O) groups is 1. The van der Waals surface area contributed by atoms with Crippen LogP contribution in [-0.4, -0.2) is 19.6 Å². The summed E-state index contributed by atoms with van der Waals surface area (Å²) >= 11 is 0. The van der Waals surface area contributed by atoms with Gasteiger partial charge in [0.15, 0.2) is 11.5 Å². The van der Waals surface area contributed by atoms with Crippen LogP contribution in [0.5, 0.6) is 11.5 Å². The summed E-state index contributed by atoms with van der Waals surface area (Å²) in [5, 5.41) is 2.91. The van der Waals surface area contributed by atoms with E-state index in [4.69, 9.17) is 9.47 Å². The molecular weight excluding hydrogens is 338 g/mol. The van der Waals surface area contributed by atoms with Crippen LogP contribution in [0.25, 0.3) is 6.08 Å². The molecule has 1 N–H and O–H groups in total. The molecule has 0 bridgehead atoms. The van der Waals surface area contributed by atoms with Gasteiger partial charge in [-0.1, -0.05) is 43.5 Å². The van der Waals surface area contributed by atoms with Gasteiger partial charge in [-0.2, -0.15) is 0 Å².